The molecule has 6 heteroatoms. The van der Waals surface area contributed by atoms with Crippen molar-refractivity contribution in [3.63, 3.8) is 0 Å². The van der Waals surface area contributed by atoms with E-state index in [1.165, 1.54) is 25.6 Å². The predicted molar refractivity (Wildman–Crippen MR) is 77.1 cm³/mol. The maximum Gasteiger partial charge on any atom is 0.321 e. The van der Waals surface area contributed by atoms with Gasteiger partial charge in [-0.1, -0.05) is 18.6 Å². The van der Waals surface area contributed by atoms with Crippen LogP contribution in [0.5, 0.6) is 0 Å². The zero-order valence-electron chi connectivity index (χ0n) is 12.0. The molecular weight excluding hydrogens is 273 g/mol. The number of benzene rings is 1. The van der Waals surface area contributed by atoms with E-state index in [0.717, 1.165) is 18.4 Å². The fourth-order valence-electron chi connectivity index (χ4n) is 2.44. The average Bonchev–Trinajstić information content (AvgIpc) is 2.42. The second kappa shape index (κ2) is 7.17. The minimum Gasteiger partial charge on any atom is -0.341 e. The summed E-state index contributed by atoms with van der Waals surface area (Å²) < 4.78 is 13.0. The van der Waals surface area contributed by atoms with Crippen molar-refractivity contribution in [3.05, 3.63) is 35.6 Å². The molecular formula is C15H20FN3O2. The van der Waals surface area contributed by atoms with Crippen LogP contribution < -0.4 is 16.0 Å². The Morgan fingerprint density at radius 2 is 1.95 bits per heavy atom. The summed E-state index contributed by atoms with van der Waals surface area (Å²) in [4.78, 5) is 22.7. The molecule has 1 aliphatic carbocycles. The van der Waals surface area contributed by atoms with E-state index in [1.54, 1.807) is 12.1 Å². The highest BCUT2D eigenvalue weighted by Crippen LogP contribution is 2.37. The lowest BCUT2D eigenvalue weighted by Gasteiger charge is -2.34. The Morgan fingerprint density at radius 1 is 1.29 bits per heavy atom. The molecule has 1 atom stereocenters. The van der Waals surface area contributed by atoms with E-state index in [2.05, 4.69) is 16.0 Å². The maximum absolute atomic E-state index is 13.0. The van der Waals surface area contributed by atoms with Gasteiger partial charge in [0.05, 0.1) is 6.54 Å². The van der Waals surface area contributed by atoms with Crippen molar-refractivity contribution in [2.24, 2.45) is 5.92 Å². The molecule has 1 aliphatic rings. The van der Waals surface area contributed by atoms with E-state index < -0.39 is 6.03 Å². The molecule has 0 bridgehead atoms. The van der Waals surface area contributed by atoms with Crippen molar-refractivity contribution >= 4 is 11.9 Å². The molecule has 1 unspecified atom stereocenters. The largest absolute Gasteiger partial charge is 0.341 e. The molecule has 1 saturated carbocycles. The Bertz CT molecular complexity index is 500. The van der Waals surface area contributed by atoms with Gasteiger partial charge in [0.25, 0.3) is 0 Å². The molecule has 0 aromatic heterocycles. The molecule has 1 aromatic rings. The molecule has 0 aliphatic heterocycles. The standard InChI is InChI=1S/C15H20FN3O2/c1-17-15(21)19-13(20)9-18-14(10-3-2-4-10)11-5-7-12(16)8-6-11/h5-8,10,14,18H,2-4,9H2,1H3,(H2,17,19,20,21). The summed E-state index contributed by atoms with van der Waals surface area (Å²) in [6.07, 6.45) is 3.35. The third-order valence-electron chi connectivity index (χ3n) is 3.81. The van der Waals surface area contributed by atoms with Crippen LogP contribution in [-0.4, -0.2) is 25.5 Å². The number of urea groups is 1. The van der Waals surface area contributed by atoms with Crippen LogP contribution >= 0.6 is 0 Å². The molecule has 0 saturated heterocycles. The highest BCUT2D eigenvalue weighted by atomic mass is 19.1. The minimum absolute atomic E-state index is 0.00906. The van der Waals surface area contributed by atoms with E-state index in [0.29, 0.717) is 5.92 Å². The van der Waals surface area contributed by atoms with Crippen molar-refractivity contribution < 1.29 is 14.0 Å². The number of nitrogens with one attached hydrogen (secondary N) is 3. The van der Waals surface area contributed by atoms with Gasteiger partial charge in [0, 0.05) is 13.1 Å². The molecule has 1 fully saturated rings. The van der Waals surface area contributed by atoms with Gasteiger partial charge >= 0.3 is 6.03 Å². The Hall–Kier alpha value is -1.95. The van der Waals surface area contributed by atoms with E-state index >= 15 is 0 Å². The lowest BCUT2D eigenvalue weighted by atomic mass is 9.77. The predicted octanol–water partition coefficient (Wildman–Crippen LogP) is 1.71. The first-order valence-corrected chi connectivity index (χ1v) is 7.10. The van der Waals surface area contributed by atoms with Crippen LogP contribution in [0, 0.1) is 11.7 Å². The first kappa shape index (κ1) is 15.4. The highest BCUT2D eigenvalue weighted by Gasteiger charge is 2.28. The van der Waals surface area contributed by atoms with Crippen LogP contribution in [0.25, 0.3) is 0 Å². The number of halogens is 1. The minimum atomic E-state index is -0.524. The first-order chi connectivity index (χ1) is 10.1. The van der Waals surface area contributed by atoms with Crippen molar-refractivity contribution in [1.29, 1.82) is 0 Å². The van der Waals surface area contributed by atoms with Crippen LogP contribution in [0.4, 0.5) is 9.18 Å². The van der Waals surface area contributed by atoms with Gasteiger partial charge < -0.3 is 10.6 Å². The van der Waals surface area contributed by atoms with Gasteiger partial charge in [-0.15, -0.1) is 0 Å². The quantitative estimate of drug-likeness (QED) is 0.774. The smallest absolute Gasteiger partial charge is 0.321 e. The van der Waals surface area contributed by atoms with Crippen LogP contribution in [0.1, 0.15) is 30.9 Å². The number of hydrogen-bond acceptors (Lipinski definition) is 3. The third kappa shape index (κ3) is 4.26. The topological polar surface area (TPSA) is 70.2 Å². The molecule has 21 heavy (non-hydrogen) atoms. The van der Waals surface area contributed by atoms with E-state index in [1.807, 2.05) is 0 Å². The number of amides is 3. The Labute approximate surface area is 123 Å². The van der Waals surface area contributed by atoms with Crippen molar-refractivity contribution in [2.45, 2.75) is 25.3 Å². The maximum atomic E-state index is 13.0. The second-order valence-electron chi connectivity index (χ2n) is 5.23. The summed E-state index contributed by atoms with van der Waals surface area (Å²) in [5.41, 5.74) is 0.967. The Morgan fingerprint density at radius 3 is 2.48 bits per heavy atom. The summed E-state index contributed by atoms with van der Waals surface area (Å²) in [6, 6.07) is 5.81. The molecule has 3 amide bonds. The average molecular weight is 293 g/mol. The summed E-state index contributed by atoms with van der Waals surface area (Å²) in [5.74, 6) is -0.215. The molecule has 0 heterocycles. The van der Waals surface area contributed by atoms with Gasteiger partial charge in [0.1, 0.15) is 5.82 Å². The van der Waals surface area contributed by atoms with Crippen molar-refractivity contribution in [1.82, 2.24) is 16.0 Å². The molecule has 1 aromatic carbocycles. The summed E-state index contributed by atoms with van der Waals surface area (Å²) in [6.45, 7) is 0.0476. The van der Waals surface area contributed by atoms with Gasteiger partial charge in [-0.05, 0) is 36.5 Å². The number of imide groups is 1. The SMILES string of the molecule is CNC(=O)NC(=O)CNC(c1ccc(F)cc1)C1CCC1. The van der Waals surface area contributed by atoms with E-state index in [9.17, 15) is 14.0 Å². The van der Waals surface area contributed by atoms with Gasteiger partial charge in [-0.25, -0.2) is 9.18 Å². The molecule has 5 nitrogen and oxygen atoms in total. The van der Waals surface area contributed by atoms with E-state index in [-0.39, 0.29) is 24.3 Å². The summed E-state index contributed by atoms with van der Waals surface area (Å²) in [7, 11) is 1.45. The van der Waals surface area contributed by atoms with Crippen molar-refractivity contribution in [3.8, 4) is 0 Å². The number of carbonyl (C=O) groups is 2. The first-order valence-electron chi connectivity index (χ1n) is 7.10. The fourth-order valence-corrected chi connectivity index (χ4v) is 2.44. The van der Waals surface area contributed by atoms with Crippen LogP contribution in [0.2, 0.25) is 0 Å². The van der Waals surface area contributed by atoms with Gasteiger partial charge in [0.2, 0.25) is 5.91 Å². The number of carbonyl (C=O) groups excluding carboxylic acids is 2. The molecule has 3 N–H and O–H groups in total. The zero-order chi connectivity index (χ0) is 15.2. The van der Waals surface area contributed by atoms with E-state index in [4.69, 9.17) is 0 Å². The normalized spacial score (nSPS) is 15.9. The van der Waals surface area contributed by atoms with Crippen molar-refractivity contribution in [2.75, 3.05) is 13.6 Å². The fraction of sp³-hybridized carbons (Fsp3) is 0.467. The van der Waals surface area contributed by atoms with Crippen LogP contribution in [0.15, 0.2) is 24.3 Å². The highest BCUT2D eigenvalue weighted by molar-refractivity contribution is 5.95. The monoisotopic (exact) mass is 293 g/mol. The number of hydrogen-bond donors (Lipinski definition) is 3. The molecule has 2 rings (SSSR count). The van der Waals surface area contributed by atoms with Gasteiger partial charge in [0.15, 0.2) is 0 Å². The molecule has 0 radical (unpaired) electrons. The Kier molecular flexibility index (Phi) is 5.27. The zero-order valence-corrected chi connectivity index (χ0v) is 12.0. The lowest BCUT2D eigenvalue weighted by Crippen LogP contribution is -2.44. The van der Waals surface area contributed by atoms with Gasteiger partial charge in [-0.2, -0.15) is 0 Å². The lowest BCUT2D eigenvalue weighted by molar-refractivity contribution is -0.119. The summed E-state index contributed by atoms with van der Waals surface area (Å²) in [5, 5.41) is 7.71. The van der Waals surface area contributed by atoms with Crippen LogP contribution in [-0.2, 0) is 4.79 Å². The second-order valence-corrected chi connectivity index (χ2v) is 5.23. The van der Waals surface area contributed by atoms with Gasteiger partial charge in [-0.3, -0.25) is 10.1 Å². The Balaban J connectivity index is 1.95. The molecule has 114 valence electrons. The summed E-state index contributed by atoms with van der Waals surface area (Å²) >= 11 is 0. The molecule has 0 spiro atoms. The third-order valence-corrected chi connectivity index (χ3v) is 3.81. The number of rotatable bonds is 5. The van der Waals surface area contributed by atoms with Crippen LogP contribution in [0.3, 0.4) is 0 Å².